The molecule has 0 saturated carbocycles. The van der Waals surface area contributed by atoms with Gasteiger partial charge in [0.1, 0.15) is 0 Å². The third-order valence-electron chi connectivity index (χ3n) is 4.37. The van der Waals surface area contributed by atoms with Crippen molar-refractivity contribution in [2.45, 2.75) is 13.1 Å². The van der Waals surface area contributed by atoms with Gasteiger partial charge in [0.2, 0.25) is 5.91 Å². The average Bonchev–Trinajstić information content (AvgIpc) is 3.06. The van der Waals surface area contributed by atoms with Crippen LogP contribution in [0.3, 0.4) is 0 Å². The molecule has 0 radical (unpaired) electrons. The summed E-state index contributed by atoms with van der Waals surface area (Å²) in [6.07, 6.45) is -4.54. The van der Waals surface area contributed by atoms with Gasteiger partial charge in [-0.2, -0.15) is 13.2 Å². The van der Waals surface area contributed by atoms with Crippen LogP contribution in [0.4, 0.5) is 28.8 Å². The fourth-order valence-electron chi connectivity index (χ4n) is 2.92. The number of carbonyl (C=O) groups excluding carboxylic acids is 2. The van der Waals surface area contributed by atoms with Crippen molar-refractivity contribution in [1.29, 1.82) is 0 Å². The molecule has 1 fully saturated rings. The molecule has 29 heavy (non-hydrogen) atoms. The van der Waals surface area contributed by atoms with Gasteiger partial charge in [-0.25, -0.2) is 9.78 Å². The number of rotatable bonds is 4. The summed E-state index contributed by atoms with van der Waals surface area (Å²) in [7, 11) is 0. The lowest BCUT2D eigenvalue weighted by Crippen LogP contribution is -2.51. The maximum atomic E-state index is 13.0. The Bertz CT molecular complexity index is 878. The van der Waals surface area contributed by atoms with Gasteiger partial charge in [-0.15, -0.1) is 11.3 Å². The van der Waals surface area contributed by atoms with E-state index < -0.39 is 17.6 Å². The molecule has 156 valence electrons. The maximum absolute atomic E-state index is 13.0. The Balaban J connectivity index is 1.48. The molecule has 3 amide bonds. The molecule has 2 heterocycles. The van der Waals surface area contributed by atoms with E-state index in [1.54, 1.807) is 9.80 Å². The van der Waals surface area contributed by atoms with Crippen molar-refractivity contribution in [2.75, 3.05) is 43.4 Å². The SMILES string of the molecule is Cc1csc(NC(=O)N2CCN(CC(=O)Nc3ccccc3C(F)(F)F)CC2)n1. The molecule has 0 unspecified atom stereocenters. The molecule has 0 aliphatic carbocycles. The maximum Gasteiger partial charge on any atom is 0.418 e. The number of anilines is 2. The van der Waals surface area contributed by atoms with Gasteiger partial charge in [0.15, 0.2) is 5.13 Å². The van der Waals surface area contributed by atoms with Crippen molar-refractivity contribution in [3.05, 3.63) is 40.9 Å². The Labute approximate surface area is 169 Å². The first kappa shape index (κ1) is 21.1. The van der Waals surface area contributed by atoms with Gasteiger partial charge in [-0.05, 0) is 19.1 Å². The largest absolute Gasteiger partial charge is 0.418 e. The highest BCUT2D eigenvalue weighted by Crippen LogP contribution is 2.34. The lowest BCUT2D eigenvalue weighted by Gasteiger charge is -2.34. The molecular weight excluding hydrogens is 407 g/mol. The van der Waals surface area contributed by atoms with Crippen molar-refractivity contribution in [3.8, 4) is 0 Å². The van der Waals surface area contributed by atoms with Gasteiger partial charge < -0.3 is 10.2 Å². The number of piperazine rings is 1. The van der Waals surface area contributed by atoms with Crippen molar-refractivity contribution >= 4 is 34.1 Å². The first-order valence-corrected chi connectivity index (χ1v) is 9.77. The zero-order valence-electron chi connectivity index (χ0n) is 15.6. The number of hydrogen-bond donors (Lipinski definition) is 2. The first-order chi connectivity index (χ1) is 13.7. The molecule has 0 spiro atoms. The number of nitrogens with zero attached hydrogens (tertiary/aromatic N) is 3. The van der Waals surface area contributed by atoms with Crippen molar-refractivity contribution < 1.29 is 22.8 Å². The third-order valence-corrected chi connectivity index (χ3v) is 5.24. The normalized spacial score (nSPS) is 15.2. The number of halogens is 3. The van der Waals surface area contributed by atoms with Crippen LogP contribution in [0.15, 0.2) is 29.6 Å². The fraction of sp³-hybridized carbons (Fsp3) is 0.389. The lowest BCUT2D eigenvalue weighted by atomic mass is 10.1. The molecule has 7 nitrogen and oxygen atoms in total. The third kappa shape index (κ3) is 5.67. The van der Waals surface area contributed by atoms with Crippen LogP contribution in [0.25, 0.3) is 0 Å². The number of benzene rings is 1. The molecule has 3 rings (SSSR count). The Morgan fingerprint density at radius 2 is 1.83 bits per heavy atom. The summed E-state index contributed by atoms with van der Waals surface area (Å²) in [5.74, 6) is -0.530. The summed E-state index contributed by atoms with van der Waals surface area (Å²) in [4.78, 5) is 32.0. The Morgan fingerprint density at radius 3 is 2.45 bits per heavy atom. The fourth-order valence-corrected chi connectivity index (χ4v) is 3.60. The Morgan fingerprint density at radius 1 is 1.14 bits per heavy atom. The molecule has 1 aliphatic heterocycles. The molecular formula is C18H20F3N5O2S. The van der Waals surface area contributed by atoms with Crippen molar-refractivity contribution in [3.63, 3.8) is 0 Å². The van der Waals surface area contributed by atoms with Crippen LogP contribution in [-0.2, 0) is 11.0 Å². The number of alkyl halides is 3. The minimum atomic E-state index is -4.54. The predicted octanol–water partition coefficient (Wildman–Crippen LogP) is 3.26. The second-order valence-corrected chi connectivity index (χ2v) is 7.44. The molecule has 1 saturated heterocycles. The van der Waals surface area contributed by atoms with Crippen LogP contribution in [0.5, 0.6) is 0 Å². The molecule has 1 aromatic heterocycles. The van der Waals surface area contributed by atoms with E-state index in [1.807, 2.05) is 12.3 Å². The summed E-state index contributed by atoms with van der Waals surface area (Å²) < 4.78 is 39.1. The molecule has 0 bridgehead atoms. The van der Waals surface area contributed by atoms with Crippen LogP contribution in [0.1, 0.15) is 11.3 Å². The number of aryl methyl sites for hydroxylation is 1. The van der Waals surface area contributed by atoms with Gasteiger partial charge >= 0.3 is 12.2 Å². The quantitative estimate of drug-likeness (QED) is 0.785. The van der Waals surface area contributed by atoms with Gasteiger partial charge in [-0.1, -0.05) is 12.1 Å². The van der Waals surface area contributed by atoms with E-state index in [0.29, 0.717) is 31.3 Å². The average molecular weight is 427 g/mol. The van der Waals surface area contributed by atoms with Gasteiger partial charge in [-0.3, -0.25) is 15.0 Å². The highest BCUT2D eigenvalue weighted by molar-refractivity contribution is 7.13. The number of nitrogens with one attached hydrogen (secondary N) is 2. The molecule has 11 heteroatoms. The Kier molecular flexibility index (Phi) is 6.38. The number of urea groups is 1. The smallest absolute Gasteiger partial charge is 0.324 e. The van der Waals surface area contributed by atoms with E-state index in [-0.39, 0.29) is 18.3 Å². The summed E-state index contributed by atoms with van der Waals surface area (Å²) in [5.41, 5.74) is -0.317. The predicted molar refractivity (Wildman–Crippen MR) is 104 cm³/mol. The first-order valence-electron chi connectivity index (χ1n) is 8.89. The number of hydrogen-bond acceptors (Lipinski definition) is 5. The molecule has 1 aliphatic rings. The topological polar surface area (TPSA) is 77.6 Å². The van der Waals surface area contributed by atoms with Crippen LogP contribution in [-0.4, -0.2) is 59.4 Å². The second kappa shape index (κ2) is 8.78. The van der Waals surface area contributed by atoms with Crippen LogP contribution >= 0.6 is 11.3 Å². The molecule has 0 atom stereocenters. The van der Waals surface area contributed by atoms with Crippen LogP contribution in [0.2, 0.25) is 0 Å². The summed E-state index contributed by atoms with van der Waals surface area (Å²) in [6, 6.07) is 4.60. The van der Waals surface area contributed by atoms with Gasteiger partial charge in [0.05, 0.1) is 23.5 Å². The van der Waals surface area contributed by atoms with E-state index in [9.17, 15) is 22.8 Å². The van der Waals surface area contributed by atoms with Gasteiger partial charge in [0.25, 0.3) is 0 Å². The van der Waals surface area contributed by atoms with Crippen molar-refractivity contribution in [1.82, 2.24) is 14.8 Å². The lowest BCUT2D eigenvalue weighted by molar-refractivity contribution is -0.137. The highest BCUT2D eigenvalue weighted by atomic mass is 32.1. The van der Waals surface area contributed by atoms with E-state index in [1.165, 1.54) is 29.5 Å². The van der Waals surface area contributed by atoms with Crippen LogP contribution < -0.4 is 10.6 Å². The van der Waals surface area contributed by atoms with Crippen molar-refractivity contribution in [2.24, 2.45) is 0 Å². The number of amides is 3. The Hall–Kier alpha value is -2.66. The van der Waals surface area contributed by atoms with E-state index in [2.05, 4.69) is 15.6 Å². The summed E-state index contributed by atoms with van der Waals surface area (Å²) >= 11 is 1.34. The number of aromatic nitrogens is 1. The molecule has 1 aromatic carbocycles. The molecule has 2 aromatic rings. The highest BCUT2D eigenvalue weighted by Gasteiger charge is 2.33. The number of carbonyl (C=O) groups is 2. The van der Waals surface area contributed by atoms with E-state index in [4.69, 9.17) is 0 Å². The van der Waals surface area contributed by atoms with E-state index >= 15 is 0 Å². The number of thiazole rings is 1. The minimum absolute atomic E-state index is 0.0483. The summed E-state index contributed by atoms with van der Waals surface area (Å²) in [6.45, 7) is 3.49. The minimum Gasteiger partial charge on any atom is -0.324 e. The number of para-hydroxylation sites is 1. The van der Waals surface area contributed by atoms with E-state index in [0.717, 1.165) is 11.8 Å². The molecule has 2 N–H and O–H groups in total. The zero-order chi connectivity index (χ0) is 21.0. The monoisotopic (exact) mass is 427 g/mol. The standard InChI is InChI=1S/C18H20F3N5O2S/c1-12-11-29-16(22-12)24-17(28)26-8-6-25(7-9-26)10-15(27)23-14-5-3-2-4-13(14)18(19,20)21/h2-5,11H,6-10H2,1H3,(H,23,27)(H,22,24,28). The van der Waals surface area contributed by atoms with Gasteiger partial charge in [0, 0.05) is 31.6 Å². The second-order valence-electron chi connectivity index (χ2n) is 6.58. The summed E-state index contributed by atoms with van der Waals surface area (Å²) in [5, 5.41) is 7.43. The zero-order valence-corrected chi connectivity index (χ0v) is 16.4. The van der Waals surface area contributed by atoms with Crippen LogP contribution in [0, 0.1) is 6.92 Å².